The number of hydrogen-bond acceptors (Lipinski definition) is 5. The van der Waals surface area contributed by atoms with Crippen LogP contribution in [0.1, 0.15) is 16.1 Å². The second kappa shape index (κ2) is 8.75. The van der Waals surface area contributed by atoms with Crippen LogP contribution in [-0.4, -0.2) is 25.2 Å². The number of methoxy groups -OCH3 is 2. The van der Waals surface area contributed by atoms with Crippen molar-refractivity contribution in [2.24, 2.45) is 0 Å². The number of carbonyl (C=O) groups is 1. The molecular formula is C25H21NO5. The number of pyridine rings is 1. The molecule has 0 aliphatic rings. The summed E-state index contributed by atoms with van der Waals surface area (Å²) in [6.45, 7) is 0.312. The van der Waals surface area contributed by atoms with Gasteiger partial charge < -0.3 is 19.2 Å². The lowest BCUT2D eigenvalue weighted by molar-refractivity contribution is 0.0594. The molecule has 0 aliphatic heterocycles. The summed E-state index contributed by atoms with van der Waals surface area (Å²) < 4.78 is 16.1. The Morgan fingerprint density at radius 3 is 2.32 bits per heavy atom. The van der Waals surface area contributed by atoms with Gasteiger partial charge in [0.1, 0.15) is 23.8 Å². The van der Waals surface area contributed by atoms with E-state index in [1.807, 2.05) is 60.7 Å². The van der Waals surface area contributed by atoms with E-state index in [9.17, 15) is 9.59 Å². The Morgan fingerprint density at radius 2 is 1.65 bits per heavy atom. The maximum absolute atomic E-state index is 12.8. The number of aromatic amines is 1. The molecule has 0 saturated carbocycles. The third-order valence-electron chi connectivity index (χ3n) is 4.97. The van der Waals surface area contributed by atoms with Crippen molar-refractivity contribution in [3.63, 3.8) is 0 Å². The Labute approximate surface area is 179 Å². The quantitative estimate of drug-likeness (QED) is 0.467. The number of H-pyrrole nitrogens is 1. The van der Waals surface area contributed by atoms with Gasteiger partial charge in [0.2, 0.25) is 0 Å². The van der Waals surface area contributed by atoms with Crippen molar-refractivity contribution in [1.82, 2.24) is 4.98 Å². The van der Waals surface area contributed by atoms with Crippen LogP contribution in [0.15, 0.2) is 77.6 Å². The minimum absolute atomic E-state index is 0.0711. The van der Waals surface area contributed by atoms with Gasteiger partial charge in [0.05, 0.1) is 19.7 Å². The van der Waals surface area contributed by atoms with Crippen LogP contribution in [0.5, 0.6) is 11.5 Å². The Kier molecular flexibility index (Phi) is 5.71. The lowest BCUT2D eigenvalue weighted by Gasteiger charge is -2.13. The first-order valence-corrected chi connectivity index (χ1v) is 9.69. The summed E-state index contributed by atoms with van der Waals surface area (Å²) in [6, 6.07) is 22.1. The van der Waals surface area contributed by atoms with Crippen molar-refractivity contribution >= 4 is 16.9 Å². The van der Waals surface area contributed by atoms with Gasteiger partial charge in [-0.1, -0.05) is 42.5 Å². The average molecular weight is 415 g/mol. The summed E-state index contributed by atoms with van der Waals surface area (Å²) in [7, 11) is 2.88. The highest BCUT2D eigenvalue weighted by Gasteiger charge is 2.15. The number of nitrogens with one attached hydrogen (secondary N) is 1. The monoisotopic (exact) mass is 415 g/mol. The van der Waals surface area contributed by atoms with Gasteiger partial charge in [0.25, 0.3) is 0 Å². The van der Waals surface area contributed by atoms with E-state index in [0.29, 0.717) is 23.3 Å². The fourth-order valence-corrected chi connectivity index (χ4v) is 3.34. The normalized spacial score (nSPS) is 10.6. The summed E-state index contributed by atoms with van der Waals surface area (Å²) in [5.74, 6) is 0.591. The second-order valence-corrected chi connectivity index (χ2v) is 6.94. The van der Waals surface area contributed by atoms with Gasteiger partial charge in [-0.05, 0) is 41.0 Å². The minimum atomic E-state index is -0.618. The van der Waals surface area contributed by atoms with Crippen molar-refractivity contribution in [2.45, 2.75) is 6.61 Å². The molecule has 1 heterocycles. The van der Waals surface area contributed by atoms with E-state index < -0.39 is 5.97 Å². The van der Waals surface area contributed by atoms with Gasteiger partial charge >= 0.3 is 5.97 Å². The number of fused-ring (bicyclic) bond motifs is 1. The molecule has 0 amide bonds. The molecule has 0 fully saturated rings. The van der Waals surface area contributed by atoms with Gasteiger partial charge in [0.15, 0.2) is 5.43 Å². The van der Waals surface area contributed by atoms with Crippen LogP contribution in [0.4, 0.5) is 0 Å². The highest BCUT2D eigenvalue weighted by atomic mass is 16.5. The van der Waals surface area contributed by atoms with Crippen molar-refractivity contribution in [3.05, 3.63) is 94.3 Å². The number of aromatic nitrogens is 1. The Bertz CT molecular complexity index is 1280. The molecule has 0 spiro atoms. The molecule has 0 unspecified atom stereocenters. The molecule has 4 rings (SSSR count). The van der Waals surface area contributed by atoms with E-state index >= 15 is 0 Å². The lowest BCUT2D eigenvalue weighted by Crippen LogP contribution is -2.12. The Balaban J connectivity index is 1.85. The fourth-order valence-electron chi connectivity index (χ4n) is 3.34. The van der Waals surface area contributed by atoms with E-state index in [4.69, 9.17) is 14.2 Å². The van der Waals surface area contributed by atoms with Crippen LogP contribution in [0.2, 0.25) is 0 Å². The molecule has 0 aliphatic carbocycles. The van der Waals surface area contributed by atoms with Crippen LogP contribution < -0.4 is 14.9 Å². The van der Waals surface area contributed by atoms with E-state index in [-0.39, 0.29) is 11.1 Å². The molecule has 1 N–H and O–H groups in total. The van der Waals surface area contributed by atoms with Crippen molar-refractivity contribution in [1.29, 1.82) is 0 Å². The molecule has 0 radical (unpaired) electrons. The van der Waals surface area contributed by atoms with E-state index in [1.165, 1.54) is 13.2 Å². The Morgan fingerprint density at radius 1 is 0.903 bits per heavy atom. The van der Waals surface area contributed by atoms with Crippen LogP contribution in [0.25, 0.3) is 22.0 Å². The molecule has 4 aromatic rings. The summed E-state index contributed by atoms with van der Waals surface area (Å²) in [5, 5.41) is 0.420. The van der Waals surface area contributed by atoms with E-state index in [0.717, 1.165) is 22.4 Å². The molecule has 6 heteroatoms. The summed E-state index contributed by atoms with van der Waals surface area (Å²) >= 11 is 0. The first kappa shape index (κ1) is 20.2. The lowest BCUT2D eigenvalue weighted by atomic mass is 10.0. The van der Waals surface area contributed by atoms with Crippen LogP contribution in [0, 0.1) is 0 Å². The largest absolute Gasteiger partial charge is 0.497 e. The zero-order chi connectivity index (χ0) is 21.8. The van der Waals surface area contributed by atoms with Crippen LogP contribution in [0.3, 0.4) is 0 Å². The molecule has 0 saturated heterocycles. The zero-order valence-electron chi connectivity index (χ0n) is 17.2. The number of benzene rings is 3. The van der Waals surface area contributed by atoms with Gasteiger partial charge in [-0.25, -0.2) is 4.79 Å². The smallest absolute Gasteiger partial charge is 0.354 e. The number of rotatable bonds is 6. The number of ether oxygens (including phenoxy) is 3. The summed E-state index contributed by atoms with van der Waals surface area (Å²) in [6.07, 6.45) is 0. The standard InChI is InChI=1S/C25H21NO5/c1-29-19-10-8-17(9-11-19)18-12-20-22(27)14-21(25(28)30-2)26-24(20)23(13-18)31-15-16-6-4-3-5-7-16/h3-14H,15H2,1-2H3,(H,26,27). The molecule has 0 atom stereocenters. The van der Waals surface area contributed by atoms with E-state index in [2.05, 4.69) is 4.98 Å². The topological polar surface area (TPSA) is 77.6 Å². The first-order chi connectivity index (χ1) is 15.1. The minimum Gasteiger partial charge on any atom is -0.497 e. The predicted octanol–water partition coefficient (Wildman–Crippen LogP) is 4.57. The first-order valence-electron chi connectivity index (χ1n) is 9.69. The molecule has 156 valence electrons. The molecule has 6 nitrogen and oxygen atoms in total. The number of carbonyl (C=O) groups excluding carboxylic acids is 1. The van der Waals surface area contributed by atoms with Crippen LogP contribution in [-0.2, 0) is 11.3 Å². The van der Waals surface area contributed by atoms with E-state index in [1.54, 1.807) is 13.2 Å². The summed E-state index contributed by atoms with van der Waals surface area (Å²) in [5.41, 5.74) is 2.92. The molecular weight excluding hydrogens is 394 g/mol. The highest BCUT2D eigenvalue weighted by Crippen LogP contribution is 2.32. The average Bonchev–Trinajstić information content (AvgIpc) is 2.82. The maximum Gasteiger partial charge on any atom is 0.354 e. The number of hydrogen-bond donors (Lipinski definition) is 1. The second-order valence-electron chi connectivity index (χ2n) is 6.94. The fraction of sp³-hybridized carbons (Fsp3) is 0.120. The zero-order valence-corrected chi connectivity index (χ0v) is 17.2. The summed E-state index contributed by atoms with van der Waals surface area (Å²) in [4.78, 5) is 27.8. The third-order valence-corrected chi connectivity index (χ3v) is 4.97. The SMILES string of the molecule is COC(=O)c1cc(=O)c2cc(-c3ccc(OC)cc3)cc(OCc3ccccc3)c2[nH]1. The van der Waals surface area contributed by atoms with Gasteiger partial charge in [0, 0.05) is 11.5 Å². The Hall–Kier alpha value is -4.06. The highest BCUT2D eigenvalue weighted by molar-refractivity contribution is 5.94. The van der Waals surface area contributed by atoms with Crippen molar-refractivity contribution in [3.8, 4) is 22.6 Å². The van der Waals surface area contributed by atoms with Crippen molar-refractivity contribution in [2.75, 3.05) is 14.2 Å². The van der Waals surface area contributed by atoms with Crippen molar-refractivity contribution < 1.29 is 19.0 Å². The predicted molar refractivity (Wildman–Crippen MR) is 119 cm³/mol. The maximum atomic E-state index is 12.8. The molecule has 3 aromatic carbocycles. The van der Waals surface area contributed by atoms with Gasteiger partial charge in [-0.15, -0.1) is 0 Å². The number of esters is 1. The molecule has 31 heavy (non-hydrogen) atoms. The van der Waals surface area contributed by atoms with Gasteiger partial charge in [-0.3, -0.25) is 4.79 Å². The molecule has 1 aromatic heterocycles. The van der Waals surface area contributed by atoms with Gasteiger partial charge in [-0.2, -0.15) is 0 Å². The third kappa shape index (κ3) is 4.28. The molecule has 0 bridgehead atoms. The van der Waals surface area contributed by atoms with Crippen LogP contribution >= 0.6 is 0 Å².